The van der Waals surface area contributed by atoms with E-state index in [-0.39, 0.29) is 11.7 Å². The van der Waals surface area contributed by atoms with Gasteiger partial charge in [0, 0.05) is 18.4 Å². The number of methoxy groups -OCH3 is 1. The lowest BCUT2D eigenvalue weighted by Crippen LogP contribution is -2.16. The standard InChI is InChI=1S/C23H23ClFN3O3/c1-14-26-13-21(30-14)19-10-7-16(12-20(19)29-2)22-27-28-23(31-22)18(4-3-11-24)15-5-8-17(25)9-6-15/h5-10,12-13,18,22,27H,3-4,11H2,1-2H3. The van der Waals surface area contributed by atoms with Crippen LogP contribution in [-0.4, -0.2) is 23.9 Å². The highest BCUT2D eigenvalue weighted by atomic mass is 35.5. The van der Waals surface area contributed by atoms with Gasteiger partial charge in [0.2, 0.25) is 12.1 Å². The van der Waals surface area contributed by atoms with Crippen LogP contribution >= 0.6 is 11.6 Å². The Labute approximate surface area is 185 Å². The van der Waals surface area contributed by atoms with E-state index in [1.807, 2.05) is 18.2 Å². The lowest BCUT2D eigenvalue weighted by molar-refractivity contribution is 0.183. The fraction of sp³-hybridized carbons (Fsp3) is 0.304. The summed E-state index contributed by atoms with van der Waals surface area (Å²) in [6, 6.07) is 12.1. The van der Waals surface area contributed by atoms with Gasteiger partial charge in [-0.3, -0.25) is 5.43 Å². The van der Waals surface area contributed by atoms with Gasteiger partial charge >= 0.3 is 0 Å². The number of oxazole rings is 1. The average molecular weight is 444 g/mol. The number of aryl methyl sites for hydroxylation is 1. The van der Waals surface area contributed by atoms with Gasteiger partial charge in [0.05, 0.1) is 24.8 Å². The largest absolute Gasteiger partial charge is 0.496 e. The van der Waals surface area contributed by atoms with Crippen molar-refractivity contribution in [1.29, 1.82) is 0 Å². The van der Waals surface area contributed by atoms with E-state index in [2.05, 4.69) is 15.5 Å². The third kappa shape index (κ3) is 4.66. The minimum Gasteiger partial charge on any atom is -0.496 e. The second-order valence-electron chi connectivity index (χ2n) is 7.22. The molecule has 2 heterocycles. The van der Waals surface area contributed by atoms with Crippen LogP contribution in [0.1, 0.15) is 42.0 Å². The number of hydrazone groups is 1. The molecule has 4 rings (SSSR count). The molecule has 0 amide bonds. The fourth-order valence-corrected chi connectivity index (χ4v) is 3.72. The second-order valence-corrected chi connectivity index (χ2v) is 7.59. The lowest BCUT2D eigenvalue weighted by atomic mass is 9.94. The van der Waals surface area contributed by atoms with Crippen molar-refractivity contribution in [2.75, 3.05) is 13.0 Å². The summed E-state index contributed by atoms with van der Waals surface area (Å²) in [5.74, 6) is 2.55. The Hall–Kier alpha value is -3.06. The van der Waals surface area contributed by atoms with Gasteiger partial charge in [-0.15, -0.1) is 16.7 Å². The highest BCUT2D eigenvalue weighted by molar-refractivity contribution is 6.17. The number of hydrogen-bond acceptors (Lipinski definition) is 6. The van der Waals surface area contributed by atoms with Crippen molar-refractivity contribution in [3.05, 3.63) is 71.5 Å². The zero-order valence-corrected chi connectivity index (χ0v) is 18.0. The molecule has 1 aliphatic heterocycles. The van der Waals surface area contributed by atoms with Crippen molar-refractivity contribution in [3.63, 3.8) is 0 Å². The molecule has 2 unspecified atom stereocenters. The number of ether oxygens (including phenoxy) is 2. The zero-order valence-electron chi connectivity index (χ0n) is 17.3. The maximum Gasteiger partial charge on any atom is 0.215 e. The zero-order chi connectivity index (χ0) is 21.8. The monoisotopic (exact) mass is 443 g/mol. The molecular formula is C23H23ClFN3O3. The van der Waals surface area contributed by atoms with E-state index in [0.29, 0.717) is 29.2 Å². The first-order valence-corrected chi connectivity index (χ1v) is 10.5. The average Bonchev–Trinajstić information content (AvgIpc) is 3.44. The van der Waals surface area contributed by atoms with Crippen LogP contribution in [0.25, 0.3) is 11.3 Å². The molecule has 1 N–H and O–H groups in total. The van der Waals surface area contributed by atoms with Crippen molar-refractivity contribution >= 4 is 17.5 Å². The van der Waals surface area contributed by atoms with E-state index in [9.17, 15) is 4.39 Å². The van der Waals surface area contributed by atoms with E-state index in [1.54, 1.807) is 32.4 Å². The Kier molecular flexibility index (Phi) is 6.42. The number of halogens is 2. The van der Waals surface area contributed by atoms with E-state index >= 15 is 0 Å². The van der Waals surface area contributed by atoms with E-state index in [1.165, 1.54) is 12.1 Å². The second kappa shape index (κ2) is 9.39. The Morgan fingerprint density at radius 2 is 2.03 bits per heavy atom. The SMILES string of the molecule is COc1cc(C2NN=C(C(CCCCl)c3ccc(F)cc3)O2)ccc1-c1cnc(C)o1. The van der Waals surface area contributed by atoms with Gasteiger partial charge in [-0.2, -0.15) is 0 Å². The summed E-state index contributed by atoms with van der Waals surface area (Å²) in [6.45, 7) is 1.79. The first-order chi connectivity index (χ1) is 15.1. The molecule has 6 nitrogen and oxygen atoms in total. The summed E-state index contributed by atoms with van der Waals surface area (Å²) in [6.07, 6.45) is 2.74. The van der Waals surface area contributed by atoms with Crippen molar-refractivity contribution in [1.82, 2.24) is 10.4 Å². The molecule has 0 saturated carbocycles. The van der Waals surface area contributed by atoms with Crippen molar-refractivity contribution in [3.8, 4) is 17.1 Å². The van der Waals surface area contributed by atoms with Crippen LogP contribution in [0.4, 0.5) is 4.39 Å². The van der Waals surface area contributed by atoms with Gasteiger partial charge in [0.25, 0.3) is 0 Å². The first-order valence-electron chi connectivity index (χ1n) is 10.0. The molecule has 0 radical (unpaired) electrons. The first kappa shape index (κ1) is 21.2. The van der Waals surface area contributed by atoms with E-state index in [4.69, 9.17) is 25.5 Å². The predicted molar refractivity (Wildman–Crippen MR) is 117 cm³/mol. The molecule has 1 aromatic heterocycles. The molecule has 0 fully saturated rings. The van der Waals surface area contributed by atoms with Crippen molar-refractivity contribution in [2.24, 2.45) is 5.10 Å². The lowest BCUT2D eigenvalue weighted by Gasteiger charge is -2.19. The number of nitrogens with zero attached hydrogens (tertiary/aromatic N) is 2. The van der Waals surface area contributed by atoms with Gasteiger partial charge in [0.15, 0.2) is 11.7 Å². The summed E-state index contributed by atoms with van der Waals surface area (Å²) >= 11 is 5.91. The summed E-state index contributed by atoms with van der Waals surface area (Å²) < 4.78 is 30.7. The third-order valence-electron chi connectivity index (χ3n) is 5.14. The number of benzene rings is 2. The van der Waals surface area contributed by atoms with Crippen LogP contribution in [0.2, 0.25) is 0 Å². The van der Waals surface area contributed by atoms with Gasteiger partial charge < -0.3 is 13.9 Å². The highest BCUT2D eigenvalue weighted by Crippen LogP contribution is 2.35. The third-order valence-corrected chi connectivity index (χ3v) is 5.41. The smallest absolute Gasteiger partial charge is 0.215 e. The Balaban J connectivity index is 1.54. The van der Waals surface area contributed by atoms with E-state index in [0.717, 1.165) is 29.5 Å². The number of rotatable bonds is 8. The number of hydrogen-bond donors (Lipinski definition) is 1. The van der Waals surface area contributed by atoms with Gasteiger partial charge in [-0.25, -0.2) is 9.37 Å². The molecule has 3 aromatic rings. The van der Waals surface area contributed by atoms with E-state index < -0.39 is 6.23 Å². The molecule has 2 atom stereocenters. The minimum atomic E-state index is -0.464. The minimum absolute atomic E-state index is 0.116. The molecule has 0 bridgehead atoms. The summed E-state index contributed by atoms with van der Waals surface area (Å²) in [5, 5.41) is 4.42. The maximum absolute atomic E-state index is 13.4. The molecule has 1 aliphatic rings. The summed E-state index contributed by atoms with van der Waals surface area (Å²) in [5.41, 5.74) is 5.63. The maximum atomic E-state index is 13.4. The molecule has 0 spiro atoms. The van der Waals surface area contributed by atoms with Crippen molar-refractivity contribution in [2.45, 2.75) is 31.9 Å². The fourth-order valence-electron chi connectivity index (χ4n) is 3.57. The number of aromatic nitrogens is 1. The van der Waals surface area contributed by atoms with Crippen LogP contribution in [-0.2, 0) is 4.74 Å². The molecule has 8 heteroatoms. The normalized spacial score (nSPS) is 16.4. The van der Waals surface area contributed by atoms with Gasteiger partial charge in [0.1, 0.15) is 11.6 Å². The molecular weight excluding hydrogens is 421 g/mol. The molecule has 2 aromatic carbocycles. The molecule has 162 valence electrons. The van der Waals surface area contributed by atoms with Crippen LogP contribution in [0, 0.1) is 12.7 Å². The Morgan fingerprint density at radius 1 is 1.23 bits per heavy atom. The van der Waals surface area contributed by atoms with Gasteiger partial charge in [-0.05, 0) is 42.7 Å². The predicted octanol–water partition coefficient (Wildman–Crippen LogP) is 5.53. The molecule has 31 heavy (non-hydrogen) atoms. The van der Waals surface area contributed by atoms with Crippen LogP contribution in [0.15, 0.2) is 58.2 Å². The Morgan fingerprint density at radius 3 is 2.71 bits per heavy atom. The number of alkyl halides is 1. The molecule has 0 saturated heterocycles. The Bertz CT molecular complexity index is 1070. The van der Waals surface area contributed by atoms with Gasteiger partial charge in [-0.1, -0.05) is 18.2 Å². The van der Waals surface area contributed by atoms with Crippen LogP contribution in [0.5, 0.6) is 5.75 Å². The summed E-state index contributed by atoms with van der Waals surface area (Å²) in [7, 11) is 1.60. The topological polar surface area (TPSA) is 68.9 Å². The van der Waals surface area contributed by atoms with Crippen LogP contribution in [0.3, 0.4) is 0 Å². The number of nitrogens with one attached hydrogen (secondary N) is 1. The molecule has 0 aliphatic carbocycles. The van der Waals surface area contributed by atoms with Crippen molar-refractivity contribution < 1.29 is 18.3 Å². The van der Waals surface area contributed by atoms with Crippen LogP contribution < -0.4 is 10.2 Å². The quantitative estimate of drug-likeness (QED) is 0.463. The summed E-state index contributed by atoms with van der Waals surface area (Å²) in [4.78, 5) is 4.15. The highest BCUT2D eigenvalue weighted by Gasteiger charge is 2.29.